The van der Waals surface area contributed by atoms with Crippen molar-refractivity contribution in [1.82, 2.24) is 4.90 Å². The Balaban J connectivity index is 1.41. The van der Waals surface area contributed by atoms with Crippen LogP contribution in [0.3, 0.4) is 0 Å². The average Bonchev–Trinajstić information content (AvgIpc) is 3.52. The van der Waals surface area contributed by atoms with E-state index in [4.69, 9.17) is 4.74 Å². The zero-order valence-electron chi connectivity index (χ0n) is 22.8. The maximum Gasteiger partial charge on any atom is 0.414 e. The molecule has 0 aromatic heterocycles. The van der Waals surface area contributed by atoms with Crippen LogP contribution in [0.1, 0.15) is 24.5 Å². The molecule has 0 spiro atoms. The number of para-hydroxylation sites is 1. The van der Waals surface area contributed by atoms with E-state index in [2.05, 4.69) is 0 Å². The third-order valence-corrected chi connectivity index (χ3v) is 7.56. The van der Waals surface area contributed by atoms with Gasteiger partial charge in [-0.15, -0.1) is 0 Å². The third-order valence-electron chi connectivity index (χ3n) is 7.56. The summed E-state index contributed by atoms with van der Waals surface area (Å²) in [6.07, 6.45) is 2.88. The van der Waals surface area contributed by atoms with Gasteiger partial charge in [-0.25, -0.2) is 4.79 Å². The quantitative estimate of drug-likeness (QED) is 0.365. The van der Waals surface area contributed by atoms with Crippen molar-refractivity contribution in [2.24, 2.45) is 5.92 Å². The van der Waals surface area contributed by atoms with Crippen molar-refractivity contribution < 1.29 is 29.3 Å². The lowest BCUT2D eigenvalue weighted by atomic mass is 9.82. The number of rotatable bonds is 10. The molecular formula is C32H33N3O6. The minimum Gasteiger partial charge on any atom is -0.447 e. The van der Waals surface area contributed by atoms with Gasteiger partial charge in [0.25, 0.3) is 5.91 Å². The molecule has 3 aromatic carbocycles. The molecule has 0 aliphatic carbocycles. The summed E-state index contributed by atoms with van der Waals surface area (Å²) in [5, 5.41) is 21.6. The monoisotopic (exact) mass is 555 g/mol. The van der Waals surface area contributed by atoms with Gasteiger partial charge in [0, 0.05) is 42.4 Å². The summed E-state index contributed by atoms with van der Waals surface area (Å²) in [4.78, 5) is 43.7. The van der Waals surface area contributed by atoms with Crippen molar-refractivity contribution in [1.29, 1.82) is 0 Å². The molecule has 9 heteroatoms. The van der Waals surface area contributed by atoms with Gasteiger partial charge >= 0.3 is 6.09 Å². The minimum atomic E-state index is -1.95. The van der Waals surface area contributed by atoms with E-state index in [0.29, 0.717) is 35.7 Å². The van der Waals surface area contributed by atoms with Gasteiger partial charge in [-0.1, -0.05) is 67.6 Å². The maximum atomic E-state index is 14.0. The lowest BCUT2D eigenvalue weighted by Crippen LogP contribution is -2.42. The number of aliphatic hydroxyl groups is 2. The van der Waals surface area contributed by atoms with Crippen LogP contribution in [-0.2, 0) is 26.5 Å². The average molecular weight is 556 g/mol. The van der Waals surface area contributed by atoms with E-state index in [1.165, 1.54) is 9.80 Å². The van der Waals surface area contributed by atoms with Crippen LogP contribution in [0.4, 0.5) is 21.9 Å². The van der Waals surface area contributed by atoms with Gasteiger partial charge in [-0.3, -0.25) is 19.4 Å². The second-order valence-corrected chi connectivity index (χ2v) is 10.2. The molecule has 0 saturated carbocycles. The summed E-state index contributed by atoms with van der Waals surface area (Å²) in [7, 11) is 0. The van der Waals surface area contributed by atoms with Crippen LogP contribution in [0.5, 0.6) is 0 Å². The Kier molecular flexibility index (Phi) is 8.19. The molecule has 0 bridgehead atoms. The Bertz CT molecular complexity index is 1440. The SMILES string of the molecule is C[C@H](/C=C/CC(=O)N(CCO)Cc1ccccc1)[C@@]1(O)C(=O)N(c2ccccc2)c2ccc(N3CCOC3=O)cc21. The summed E-state index contributed by atoms with van der Waals surface area (Å²) in [5.74, 6) is -1.41. The Morgan fingerprint density at radius 1 is 1.05 bits per heavy atom. The number of cyclic esters (lactones) is 1. The largest absolute Gasteiger partial charge is 0.447 e. The number of nitrogens with zero attached hydrogens (tertiary/aromatic N) is 3. The number of aliphatic hydroxyl groups excluding tert-OH is 1. The van der Waals surface area contributed by atoms with E-state index in [1.807, 2.05) is 48.5 Å². The summed E-state index contributed by atoms with van der Waals surface area (Å²) >= 11 is 0. The number of fused-ring (bicyclic) bond motifs is 1. The first kappa shape index (κ1) is 28.1. The molecule has 1 fully saturated rings. The van der Waals surface area contributed by atoms with E-state index in [9.17, 15) is 24.6 Å². The standard InChI is InChI=1S/C32H33N3O6/c1-23(9-8-14-29(37)33(17-19-36)22-24-10-4-2-5-11-24)32(40)27-21-26(34-18-20-41-31(34)39)15-16-28(27)35(30(32)38)25-12-6-3-7-13-25/h2-13,15-16,21,23,36,40H,14,17-20,22H2,1H3/b9-8+/t23-,32+/m1/s1. The number of amides is 3. The Morgan fingerprint density at radius 2 is 1.76 bits per heavy atom. The van der Waals surface area contributed by atoms with Crippen molar-refractivity contribution in [3.8, 4) is 0 Å². The number of hydrogen-bond donors (Lipinski definition) is 2. The van der Waals surface area contributed by atoms with Crippen LogP contribution in [0.2, 0.25) is 0 Å². The van der Waals surface area contributed by atoms with Crippen molar-refractivity contribution in [2.75, 3.05) is 36.1 Å². The number of carbonyl (C=O) groups excluding carboxylic acids is 3. The van der Waals surface area contributed by atoms with Crippen LogP contribution in [0, 0.1) is 5.92 Å². The van der Waals surface area contributed by atoms with Gasteiger partial charge in [0.15, 0.2) is 5.60 Å². The topological polar surface area (TPSA) is 111 Å². The molecule has 2 atom stereocenters. The Labute approximate surface area is 238 Å². The first-order chi connectivity index (χ1) is 19.8. The molecule has 3 amide bonds. The van der Waals surface area contributed by atoms with Crippen LogP contribution >= 0.6 is 0 Å². The van der Waals surface area contributed by atoms with Crippen LogP contribution in [0.25, 0.3) is 0 Å². The molecule has 1 saturated heterocycles. The molecule has 212 valence electrons. The molecule has 0 unspecified atom stereocenters. The molecule has 2 heterocycles. The van der Waals surface area contributed by atoms with Crippen LogP contribution in [-0.4, -0.2) is 59.3 Å². The van der Waals surface area contributed by atoms with Gasteiger partial charge < -0.3 is 19.8 Å². The Morgan fingerprint density at radius 3 is 2.41 bits per heavy atom. The van der Waals surface area contributed by atoms with Crippen molar-refractivity contribution in [2.45, 2.75) is 25.5 Å². The number of hydrogen-bond acceptors (Lipinski definition) is 6. The van der Waals surface area contributed by atoms with Crippen molar-refractivity contribution in [3.05, 3.63) is 102 Å². The third kappa shape index (κ3) is 5.46. The lowest BCUT2D eigenvalue weighted by Gasteiger charge is -2.28. The number of anilines is 3. The highest BCUT2D eigenvalue weighted by Gasteiger charge is 2.53. The fourth-order valence-electron chi connectivity index (χ4n) is 5.35. The van der Waals surface area contributed by atoms with Gasteiger partial charge in [0.1, 0.15) is 6.61 Å². The first-order valence-corrected chi connectivity index (χ1v) is 13.6. The van der Waals surface area contributed by atoms with Gasteiger partial charge in [-0.2, -0.15) is 0 Å². The number of benzene rings is 3. The summed E-state index contributed by atoms with van der Waals surface area (Å²) in [5.41, 5.74) is 1.03. The Hall–Kier alpha value is -4.47. The summed E-state index contributed by atoms with van der Waals surface area (Å²) in [6.45, 7) is 2.76. The highest BCUT2D eigenvalue weighted by Crippen LogP contribution is 2.49. The molecule has 2 N–H and O–H groups in total. The second-order valence-electron chi connectivity index (χ2n) is 10.2. The molecule has 41 heavy (non-hydrogen) atoms. The maximum absolute atomic E-state index is 14.0. The fourth-order valence-corrected chi connectivity index (χ4v) is 5.35. The van der Waals surface area contributed by atoms with E-state index in [-0.39, 0.29) is 32.1 Å². The van der Waals surface area contributed by atoms with E-state index in [0.717, 1.165) is 5.56 Å². The number of ether oxygens (including phenoxy) is 1. The normalized spacial score (nSPS) is 19.0. The van der Waals surface area contributed by atoms with Gasteiger partial charge in [0.2, 0.25) is 5.91 Å². The lowest BCUT2D eigenvalue weighted by molar-refractivity contribution is -0.138. The molecule has 0 radical (unpaired) electrons. The molecule has 9 nitrogen and oxygen atoms in total. The zero-order chi connectivity index (χ0) is 29.0. The van der Waals surface area contributed by atoms with Crippen LogP contribution < -0.4 is 9.80 Å². The van der Waals surface area contributed by atoms with Gasteiger partial charge in [0.05, 0.1) is 18.8 Å². The molecule has 2 aliphatic heterocycles. The van der Waals surface area contributed by atoms with Gasteiger partial charge in [-0.05, 0) is 35.9 Å². The summed E-state index contributed by atoms with van der Waals surface area (Å²) < 4.78 is 5.08. The smallest absolute Gasteiger partial charge is 0.414 e. The fraction of sp³-hybridized carbons (Fsp3) is 0.281. The summed E-state index contributed by atoms with van der Waals surface area (Å²) in [6, 6.07) is 23.7. The number of carbonyl (C=O) groups is 3. The second kappa shape index (κ2) is 12.0. The van der Waals surface area contributed by atoms with Crippen molar-refractivity contribution >= 4 is 35.0 Å². The molecule has 5 rings (SSSR count). The highest BCUT2D eigenvalue weighted by atomic mass is 16.6. The first-order valence-electron chi connectivity index (χ1n) is 13.6. The van der Waals surface area contributed by atoms with E-state index in [1.54, 1.807) is 54.3 Å². The molecule has 2 aliphatic rings. The molecule has 3 aromatic rings. The predicted molar refractivity (Wildman–Crippen MR) is 154 cm³/mol. The van der Waals surface area contributed by atoms with E-state index >= 15 is 0 Å². The highest BCUT2D eigenvalue weighted by molar-refractivity contribution is 6.12. The minimum absolute atomic E-state index is 0.0381. The zero-order valence-corrected chi connectivity index (χ0v) is 22.8. The van der Waals surface area contributed by atoms with Crippen molar-refractivity contribution in [3.63, 3.8) is 0 Å². The predicted octanol–water partition coefficient (Wildman–Crippen LogP) is 4.11. The molecular weight excluding hydrogens is 522 g/mol. The van der Waals surface area contributed by atoms with E-state index < -0.39 is 23.5 Å². The van der Waals surface area contributed by atoms with Crippen LogP contribution in [0.15, 0.2) is 91.0 Å².